The monoisotopic (exact) mass is 410 g/mol. The van der Waals surface area contributed by atoms with Gasteiger partial charge in [-0.1, -0.05) is 17.7 Å². The first-order valence-electron chi connectivity index (χ1n) is 8.84. The van der Waals surface area contributed by atoms with E-state index in [0.29, 0.717) is 28.0 Å². The molecule has 1 aliphatic carbocycles. The lowest BCUT2D eigenvalue weighted by Crippen LogP contribution is -2.27. The number of benzene rings is 1. The van der Waals surface area contributed by atoms with Crippen molar-refractivity contribution >= 4 is 40.3 Å². The van der Waals surface area contributed by atoms with Crippen LogP contribution < -0.4 is 4.90 Å². The molecule has 29 heavy (non-hydrogen) atoms. The normalized spacial score (nSPS) is 14.5. The van der Waals surface area contributed by atoms with E-state index < -0.39 is 5.91 Å². The van der Waals surface area contributed by atoms with Gasteiger partial charge < -0.3 is 10.0 Å². The zero-order valence-electron chi connectivity index (χ0n) is 16.4. The highest BCUT2D eigenvalue weighted by Gasteiger charge is 2.30. The van der Waals surface area contributed by atoms with Crippen molar-refractivity contribution in [2.75, 3.05) is 11.9 Å². The minimum atomic E-state index is -0.532. The van der Waals surface area contributed by atoms with Crippen LogP contribution >= 0.6 is 11.6 Å². The van der Waals surface area contributed by atoms with Crippen LogP contribution in [0.25, 0.3) is 5.57 Å². The fourth-order valence-electron chi connectivity index (χ4n) is 3.22. The number of hydrogen-bond donors (Lipinski definition) is 1. The number of rotatable bonds is 3. The number of aromatic hydroxyl groups is 1. The Bertz CT molecular complexity index is 1130. The third-order valence-corrected chi connectivity index (χ3v) is 5.40. The third-order valence-electron chi connectivity index (χ3n) is 5.11. The zero-order chi connectivity index (χ0) is 21.5. The van der Waals surface area contributed by atoms with Gasteiger partial charge in [-0.15, -0.1) is 0 Å². The Hall–Kier alpha value is -3.25. The number of halogens is 1. The second kappa shape index (κ2) is 7.64. The van der Waals surface area contributed by atoms with Gasteiger partial charge in [0.1, 0.15) is 5.75 Å². The first-order chi connectivity index (χ1) is 13.6. The Morgan fingerprint density at radius 3 is 2.34 bits per heavy atom. The topological polar surface area (TPSA) is 87.6 Å². The lowest BCUT2D eigenvalue weighted by molar-refractivity contribution is -0.115. The van der Waals surface area contributed by atoms with E-state index in [0.717, 1.165) is 0 Å². The number of aromatic nitrogens is 1. The van der Waals surface area contributed by atoms with Gasteiger partial charge in [-0.05, 0) is 50.6 Å². The average Bonchev–Trinajstić information content (AvgIpc) is 2.71. The van der Waals surface area contributed by atoms with Crippen LogP contribution in [0.3, 0.4) is 0 Å². The van der Waals surface area contributed by atoms with Gasteiger partial charge in [0.05, 0.1) is 11.3 Å². The maximum Gasteiger partial charge on any atom is 0.261 e. The Kier molecular flexibility index (Phi) is 5.40. The van der Waals surface area contributed by atoms with Crippen LogP contribution in [0.1, 0.15) is 36.7 Å². The van der Waals surface area contributed by atoms with Crippen LogP contribution in [0.5, 0.6) is 5.75 Å². The van der Waals surface area contributed by atoms with Crippen LogP contribution in [-0.4, -0.2) is 34.6 Å². The molecule has 1 aromatic heterocycles. The van der Waals surface area contributed by atoms with Gasteiger partial charge in [0, 0.05) is 35.5 Å². The molecule has 7 heteroatoms. The molecule has 6 nitrogen and oxygen atoms in total. The van der Waals surface area contributed by atoms with E-state index in [1.54, 1.807) is 32.9 Å². The number of anilines is 1. The molecule has 1 aliphatic rings. The molecule has 0 spiro atoms. The van der Waals surface area contributed by atoms with E-state index in [1.807, 2.05) is 0 Å². The molecule has 0 atom stereocenters. The molecule has 1 aromatic carbocycles. The highest BCUT2D eigenvalue weighted by atomic mass is 35.5. The number of carbonyl (C=O) groups excluding carboxylic acids is 3. The molecule has 0 radical (unpaired) electrons. The Morgan fingerprint density at radius 1 is 1.03 bits per heavy atom. The van der Waals surface area contributed by atoms with Crippen LogP contribution in [0.2, 0.25) is 5.15 Å². The largest absolute Gasteiger partial charge is 0.507 e. The van der Waals surface area contributed by atoms with Gasteiger partial charge in [0.15, 0.2) is 16.7 Å². The van der Waals surface area contributed by atoms with E-state index in [1.165, 1.54) is 36.3 Å². The number of amides is 1. The number of hydrogen-bond acceptors (Lipinski definition) is 5. The maximum absolute atomic E-state index is 13.0. The highest BCUT2D eigenvalue weighted by molar-refractivity contribution is 6.39. The van der Waals surface area contributed by atoms with Gasteiger partial charge in [-0.3, -0.25) is 14.4 Å². The summed E-state index contributed by atoms with van der Waals surface area (Å²) in [5.41, 5.74) is 2.07. The lowest BCUT2D eigenvalue weighted by Gasteiger charge is -2.21. The maximum atomic E-state index is 13.0. The fraction of sp³-hybridized carbons (Fsp3) is 0.182. The number of nitrogens with zero attached hydrogens (tertiary/aromatic N) is 2. The fourth-order valence-corrected chi connectivity index (χ4v) is 3.47. The predicted octanol–water partition coefficient (Wildman–Crippen LogP) is 3.98. The van der Waals surface area contributed by atoms with Crippen molar-refractivity contribution in [2.45, 2.75) is 20.8 Å². The molecule has 1 N–H and O–H groups in total. The van der Waals surface area contributed by atoms with Crippen molar-refractivity contribution in [1.29, 1.82) is 0 Å². The molecule has 0 aliphatic heterocycles. The third kappa shape index (κ3) is 3.47. The molecule has 0 saturated carbocycles. The molecular weight excluding hydrogens is 392 g/mol. The van der Waals surface area contributed by atoms with Crippen LogP contribution in [0, 0.1) is 0 Å². The molecule has 0 unspecified atom stereocenters. The number of phenolic OH excluding ortho intramolecular Hbond substituents is 1. The van der Waals surface area contributed by atoms with Gasteiger partial charge in [-0.2, -0.15) is 0 Å². The number of Topliss-reactive ketones (excluding diaryl/α,β-unsaturated/α-hetero) is 2. The van der Waals surface area contributed by atoms with Gasteiger partial charge in [-0.25, -0.2) is 4.98 Å². The van der Waals surface area contributed by atoms with Gasteiger partial charge in [0.2, 0.25) is 0 Å². The van der Waals surface area contributed by atoms with Gasteiger partial charge >= 0.3 is 0 Å². The summed E-state index contributed by atoms with van der Waals surface area (Å²) < 4.78 is 0. The Morgan fingerprint density at radius 2 is 1.69 bits per heavy atom. The molecule has 1 amide bonds. The molecule has 3 rings (SSSR count). The van der Waals surface area contributed by atoms with Crippen molar-refractivity contribution < 1.29 is 19.5 Å². The van der Waals surface area contributed by atoms with Gasteiger partial charge in [0.25, 0.3) is 5.91 Å². The van der Waals surface area contributed by atoms with Crippen molar-refractivity contribution in [1.82, 2.24) is 4.98 Å². The second-order valence-corrected chi connectivity index (χ2v) is 7.18. The van der Waals surface area contributed by atoms with Crippen molar-refractivity contribution in [2.24, 2.45) is 0 Å². The van der Waals surface area contributed by atoms with E-state index in [-0.39, 0.29) is 33.6 Å². The van der Waals surface area contributed by atoms with Crippen LogP contribution in [-0.2, 0) is 9.59 Å². The van der Waals surface area contributed by atoms with Crippen molar-refractivity contribution in [3.8, 4) is 5.75 Å². The summed E-state index contributed by atoms with van der Waals surface area (Å²) in [6.07, 6.45) is 1.50. The summed E-state index contributed by atoms with van der Waals surface area (Å²) >= 11 is 6.07. The summed E-state index contributed by atoms with van der Waals surface area (Å²) in [4.78, 5) is 43.5. The molecule has 148 valence electrons. The number of pyridine rings is 1. The predicted molar refractivity (Wildman–Crippen MR) is 111 cm³/mol. The first-order valence-corrected chi connectivity index (χ1v) is 9.22. The average molecular weight is 411 g/mol. The minimum absolute atomic E-state index is 0.0191. The summed E-state index contributed by atoms with van der Waals surface area (Å²) in [7, 11) is 1.51. The van der Waals surface area contributed by atoms with Crippen LogP contribution in [0.4, 0.5) is 5.69 Å². The summed E-state index contributed by atoms with van der Waals surface area (Å²) in [6, 6.07) is 7.53. The number of phenols is 1. The van der Waals surface area contributed by atoms with Crippen molar-refractivity contribution in [3.05, 3.63) is 69.5 Å². The van der Waals surface area contributed by atoms with Crippen LogP contribution in [0.15, 0.2) is 53.2 Å². The summed E-state index contributed by atoms with van der Waals surface area (Å²) in [6.45, 7) is 4.81. The molecule has 0 fully saturated rings. The molecule has 0 saturated heterocycles. The molecule has 2 aromatic rings. The summed E-state index contributed by atoms with van der Waals surface area (Å²) in [5.74, 6) is -1.26. The molecular formula is C22H19ClN2O4. The first kappa shape index (κ1) is 20.5. The SMILES string of the molecule is CC1=C(C)C(=O)C(c2ccc(O)c(C(=O)N(C)c3cccnc3Cl)c2)=C(C)C1=O. The number of ketones is 2. The zero-order valence-corrected chi connectivity index (χ0v) is 17.2. The van der Waals surface area contributed by atoms with E-state index >= 15 is 0 Å². The standard InChI is InChI=1S/C22H19ClN2O4/c1-11-12(2)20(28)18(13(3)19(11)27)14-7-8-17(26)15(10-14)22(29)25(4)16-6-5-9-24-21(16)23/h5-10,26H,1-4H3. The van der Waals surface area contributed by atoms with E-state index in [4.69, 9.17) is 11.6 Å². The second-order valence-electron chi connectivity index (χ2n) is 6.82. The van der Waals surface area contributed by atoms with E-state index in [9.17, 15) is 19.5 Å². The highest BCUT2D eigenvalue weighted by Crippen LogP contribution is 2.34. The van der Waals surface area contributed by atoms with Crippen molar-refractivity contribution in [3.63, 3.8) is 0 Å². The number of allylic oxidation sites excluding steroid dienone is 4. The Labute approximate surface area is 173 Å². The lowest BCUT2D eigenvalue weighted by atomic mass is 9.82. The quantitative estimate of drug-likeness (QED) is 0.610. The smallest absolute Gasteiger partial charge is 0.261 e. The summed E-state index contributed by atoms with van der Waals surface area (Å²) in [5, 5.41) is 10.4. The Balaban J connectivity index is 2.08. The molecule has 0 bridgehead atoms. The number of carbonyl (C=O) groups is 3. The molecule has 1 heterocycles. The van der Waals surface area contributed by atoms with E-state index in [2.05, 4.69) is 4.98 Å². The minimum Gasteiger partial charge on any atom is -0.507 e.